The zero-order chi connectivity index (χ0) is 15.6. The maximum atomic E-state index is 3.62. The number of hydrogen-bond acceptors (Lipinski definition) is 2. The number of benzene rings is 1. The van der Waals surface area contributed by atoms with Crippen molar-refractivity contribution in [2.45, 2.75) is 58.5 Å². The van der Waals surface area contributed by atoms with Crippen molar-refractivity contribution >= 4 is 0 Å². The second kappa shape index (κ2) is 6.50. The molecule has 21 heavy (non-hydrogen) atoms. The van der Waals surface area contributed by atoms with Crippen LogP contribution in [0.15, 0.2) is 24.3 Å². The van der Waals surface area contributed by atoms with Gasteiger partial charge < -0.3 is 5.32 Å². The molecule has 1 heterocycles. The van der Waals surface area contributed by atoms with E-state index < -0.39 is 0 Å². The Bertz CT molecular complexity index is 442. The lowest BCUT2D eigenvalue weighted by Gasteiger charge is -2.27. The summed E-state index contributed by atoms with van der Waals surface area (Å²) < 4.78 is 0. The molecule has 1 saturated heterocycles. The third kappa shape index (κ3) is 4.08. The van der Waals surface area contributed by atoms with Gasteiger partial charge in [-0.1, -0.05) is 58.9 Å². The van der Waals surface area contributed by atoms with Gasteiger partial charge in [-0.15, -0.1) is 0 Å². The number of likely N-dealkylation sites (tertiary alicyclic amines) is 1. The summed E-state index contributed by atoms with van der Waals surface area (Å²) in [7, 11) is 2.26. The molecule has 1 N–H and O–H groups in total. The minimum atomic E-state index is 0.235. The van der Waals surface area contributed by atoms with E-state index in [2.05, 4.69) is 76.1 Å². The highest BCUT2D eigenvalue weighted by Gasteiger charge is 2.32. The molecule has 0 amide bonds. The number of nitrogens with zero attached hydrogens (tertiary/aromatic N) is 1. The molecule has 1 aromatic rings. The molecular weight excluding hydrogens is 256 g/mol. The topological polar surface area (TPSA) is 15.3 Å². The number of hydrogen-bond donors (Lipinski definition) is 1. The van der Waals surface area contributed by atoms with Gasteiger partial charge in [0.1, 0.15) is 0 Å². The molecule has 118 valence electrons. The predicted molar refractivity (Wildman–Crippen MR) is 91.8 cm³/mol. The maximum Gasteiger partial charge on any atom is 0.0385 e. The second-order valence-electron chi connectivity index (χ2n) is 7.91. The third-order valence-electron chi connectivity index (χ3n) is 4.68. The van der Waals surface area contributed by atoms with Crippen LogP contribution in [0, 0.1) is 5.92 Å². The summed E-state index contributed by atoms with van der Waals surface area (Å²) >= 11 is 0. The van der Waals surface area contributed by atoms with Crippen LogP contribution in [0.3, 0.4) is 0 Å². The van der Waals surface area contributed by atoms with Gasteiger partial charge in [-0.3, -0.25) is 4.90 Å². The molecule has 0 radical (unpaired) electrons. The summed E-state index contributed by atoms with van der Waals surface area (Å²) in [6.45, 7) is 13.6. The molecule has 0 aliphatic carbocycles. The van der Waals surface area contributed by atoms with Crippen LogP contribution in [0.1, 0.15) is 58.2 Å². The van der Waals surface area contributed by atoms with Crippen LogP contribution < -0.4 is 5.32 Å². The van der Waals surface area contributed by atoms with Crippen molar-refractivity contribution in [1.82, 2.24) is 10.2 Å². The van der Waals surface area contributed by atoms with Crippen LogP contribution in [0.4, 0.5) is 0 Å². The highest BCUT2D eigenvalue weighted by molar-refractivity contribution is 5.30. The van der Waals surface area contributed by atoms with E-state index in [0.29, 0.717) is 12.1 Å². The molecule has 2 unspecified atom stereocenters. The quantitative estimate of drug-likeness (QED) is 0.901. The lowest BCUT2D eigenvalue weighted by Crippen LogP contribution is -2.32. The number of rotatable bonds is 4. The zero-order valence-corrected chi connectivity index (χ0v) is 14.6. The number of nitrogens with one attached hydrogen (secondary N) is 1. The summed E-state index contributed by atoms with van der Waals surface area (Å²) in [5, 5.41) is 3.62. The lowest BCUT2D eigenvalue weighted by atomic mass is 9.85. The van der Waals surface area contributed by atoms with Crippen molar-refractivity contribution in [3.05, 3.63) is 35.4 Å². The second-order valence-corrected chi connectivity index (χ2v) is 7.91. The van der Waals surface area contributed by atoms with Crippen LogP contribution in [0.5, 0.6) is 0 Å². The Kier molecular flexibility index (Phi) is 5.11. The molecule has 0 bridgehead atoms. The van der Waals surface area contributed by atoms with E-state index >= 15 is 0 Å². The van der Waals surface area contributed by atoms with E-state index in [-0.39, 0.29) is 5.41 Å². The van der Waals surface area contributed by atoms with Gasteiger partial charge in [0.05, 0.1) is 0 Å². The van der Waals surface area contributed by atoms with E-state index in [0.717, 1.165) is 12.5 Å². The molecule has 0 spiro atoms. The zero-order valence-electron chi connectivity index (χ0n) is 14.6. The van der Waals surface area contributed by atoms with Crippen molar-refractivity contribution in [3.63, 3.8) is 0 Å². The Morgan fingerprint density at radius 2 is 1.81 bits per heavy atom. The largest absolute Gasteiger partial charge is 0.314 e. The van der Waals surface area contributed by atoms with Gasteiger partial charge in [-0.2, -0.15) is 0 Å². The van der Waals surface area contributed by atoms with E-state index in [1.54, 1.807) is 0 Å². The van der Waals surface area contributed by atoms with Crippen molar-refractivity contribution in [2.24, 2.45) is 5.92 Å². The van der Waals surface area contributed by atoms with Crippen LogP contribution >= 0.6 is 0 Å². The van der Waals surface area contributed by atoms with Crippen molar-refractivity contribution in [1.29, 1.82) is 0 Å². The van der Waals surface area contributed by atoms with Gasteiger partial charge >= 0.3 is 0 Å². The van der Waals surface area contributed by atoms with Crippen LogP contribution in [0.25, 0.3) is 0 Å². The first-order chi connectivity index (χ1) is 9.79. The van der Waals surface area contributed by atoms with Gasteiger partial charge in [0.15, 0.2) is 0 Å². The minimum Gasteiger partial charge on any atom is -0.314 e. The van der Waals surface area contributed by atoms with Gasteiger partial charge in [0.2, 0.25) is 0 Å². The Labute approximate surface area is 130 Å². The normalized spacial score (nSPS) is 24.0. The Morgan fingerprint density at radius 3 is 2.33 bits per heavy atom. The van der Waals surface area contributed by atoms with Gasteiger partial charge in [0, 0.05) is 18.6 Å². The average molecular weight is 288 g/mol. The highest BCUT2D eigenvalue weighted by Crippen LogP contribution is 2.36. The molecule has 1 aliphatic heterocycles. The predicted octanol–water partition coefficient (Wildman–Crippen LogP) is 3.97. The summed E-state index contributed by atoms with van der Waals surface area (Å²) in [5.74, 6) is 0.720. The Hall–Kier alpha value is -0.860. The fourth-order valence-corrected chi connectivity index (χ4v) is 3.33. The summed E-state index contributed by atoms with van der Waals surface area (Å²) in [6.07, 6.45) is 1.29. The van der Waals surface area contributed by atoms with E-state index in [4.69, 9.17) is 0 Å². The molecule has 2 atom stereocenters. The van der Waals surface area contributed by atoms with E-state index in [1.807, 2.05) is 0 Å². The fraction of sp³-hybridized carbons (Fsp3) is 0.684. The molecular formula is C19H32N2. The first kappa shape index (κ1) is 16.5. The molecule has 2 nitrogen and oxygen atoms in total. The molecule has 1 aromatic carbocycles. The molecule has 2 rings (SSSR count). The van der Waals surface area contributed by atoms with Crippen molar-refractivity contribution < 1.29 is 0 Å². The molecule has 1 aliphatic rings. The first-order valence-corrected chi connectivity index (χ1v) is 8.33. The molecule has 0 aromatic heterocycles. The third-order valence-corrected chi connectivity index (χ3v) is 4.68. The average Bonchev–Trinajstić information content (AvgIpc) is 2.76. The van der Waals surface area contributed by atoms with E-state index in [9.17, 15) is 0 Å². The standard InChI is InChI=1S/C19H32N2/c1-14(2)20-13-16-11-12-21(6)18(16)15-7-9-17(10-8-15)19(3,4)5/h7-10,14,16,18,20H,11-13H2,1-6H3. The molecule has 0 saturated carbocycles. The smallest absolute Gasteiger partial charge is 0.0385 e. The first-order valence-electron chi connectivity index (χ1n) is 8.33. The van der Waals surface area contributed by atoms with Gasteiger partial charge in [0.25, 0.3) is 0 Å². The van der Waals surface area contributed by atoms with Crippen LogP contribution in [-0.4, -0.2) is 31.1 Å². The van der Waals surface area contributed by atoms with Crippen molar-refractivity contribution in [3.8, 4) is 0 Å². The molecule has 2 heteroatoms. The summed E-state index contributed by atoms with van der Waals surface area (Å²) in [4.78, 5) is 2.51. The van der Waals surface area contributed by atoms with Crippen molar-refractivity contribution in [2.75, 3.05) is 20.1 Å². The van der Waals surface area contributed by atoms with E-state index in [1.165, 1.54) is 24.1 Å². The maximum absolute atomic E-state index is 3.62. The van der Waals surface area contributed by atoms with Crippen LogP contribution in [-0.2, 0) is 5.41 Å². The monoisotopic (exact) mass is 288 g/mol. The van der Waals surface area contributed by atoms with Gasteiger partial charge in [-0.05, 0) is 42.5 Å². The van der Waals surface area contributed by atoms with Crippen LogP contribution in [0.2, 0.25) is 0 Å². The fourth-order valence-electron chi connectivity index (χ4n) is 3.33. The Balaban J connectivity index is 2.14. The SMILES string of the molecule is CC(C)NCC1CCN(C)C1c1ccc(C(C)(C)C)cc1. The molecule has 1 fully saturated rings. The summed E-state index contributed by atoms with van der Waals surface area (Å²) in [5.41, 5.74) is 3.13. The Morgan fingerprint density at radius 1 is 1.19 bits per heavy atom. The van der Waals surface area contributed by atoms with Gasteiger partial charge in [-0.25, -0.2) is 0 Å². The highest BCUT2D eigenvalue weighted by atomic mass is 15.2. The summed E-state index contributed by atoms with van der Waals surface area (Å²) in [6, 6.07) is 10.4. The lowest BCUT2D eigenvalue weighted by molar-refractivity contribution is 0.269. The minimum absolute atomic E-state index is 0.235.